The van der Waals surface area contributed by atoms with Gasteiger partial charge < -0.3 is 15.3 Å². The van der Waals surface area contributed by atoms with E-state index in [0.29, 0.717) is 18.9 Å². The number of piperidine rings is 1. The molecule has 2 amide bonds. The molecule has 2 N–H and O–H groups in total. The number of carbonyl (C=O) groups is 2. The summed E-state index contributed by atoms with van der Waals surface area (Å²) in [5, 5.41) is 12.5. The number of nitrogens with zero attached hydrogens (tertiary/aromatic N) is 1. The quantitative estimate of drug-likeness (QED) is 0.818. The predicted octanol–water partition coefficient (Wildman–Crippen LogP) is 2.60. The summed E-state index contributed by atoms with van der Waals surface area (Å²) in [6.45, 7) is 4.41. The summed E-state index contributed by atoms with van der Waals surface area (Å²) >= 11 is 0. The molecule has 5 heteroatoms. The lowest BCUT2D eigenvalue weighted by Crippen LogP contribution is -2.61. The third-order valence-electron chi connectivity index (χ3n) is 4.86. The third-order valence-corrected chi connectivity index (χ3v) is 4.86. The van der Waals surface area contributed by atoms with Gasteiger partial charge in [0.25, 0.3) is 0 Å². The van der Waals surface area contributed by atoms with Crippen LogP contribution in [0.2, 0.25) is 0 Å². The molecule has 2 rings (SSSR count). The van der Waals surface area contributed by atoms with Crippen LogP contribution in [-0.4, -0.2) is 40.1 Å². The molecule has 0 aromatic rings. The van der Waals surface area contributed by atoms with Gasteiger partial charge in [-0.1, -0.05) is 19.8 Å². The van der Waals surface area contributed by atoms with E-state index in [2.05, 4.69) is 12.2 Å². The highest BCUT2D eigenvalue weighted by molar-refractivity contribution is 5.86. The maximum absolute atomic E-state index is 12.4. The Labute approximate surface area is 120 Å². The molecule has 1 saturated carbocycles. The van der Waals surface area contributed by atoms with Gasteiger partial charge in [-0.05, 0) is 44.9 Å². The molecule has 0 bridgehead atoms. The number of likely N-dealkylation sites (tertiary alicyclic amines) is 1. The van der Waals surface area contributed by atoms with Crippen molar-refractivity contribution in [2.75, 3.05) is 6.54 Å². The van der Waals surface area contributed by atoms with E-state index in [1.54, 1.807) is 6.92 Å². The van der Waals surface area contributed by atoms with Crippen molar-refractivity contribution < 1.29 is 14.7 Å². The van der Waals surface area contributed by atoms with Gasteiger partial charge in [-0.2, -0.15) is 0 Å². The van der Waals surface area contributed by atoms with Crippen molar-refractivity contribution in [3.63, 3.8) is 0 Å². The molecule has 114 valence electrons. The van der Waals surface area contributed by atoms with Gasteiger partial charge in [-0.25, -0.2) is 9.59 Å². The van der Waals surface area contributed by atoms with E-state index in [9.17, 15) is 14.7 Å². The van der Waals surface area contributed by atoms with Crippen LogP contribution >= 0.6 is 0 Å². The van der Waals surface area contributed by atoms with E-state index in [1.165, 1.54) is 11.3 Å². The second kappa shape index (κ2) is 6.02. The van der Waals surface area contributed by atoms with Crippen LogP contribution in [0.3, 0.4) is 0 Å². The van der Waals surface area contributed by atoms with Gasteiger partial charge in [0.15, 0.2) is 0 Å². The van der Waals surface area contributed by atoms with E-state index >= 15 is 0 Å². The summed E-state index contributed by atoms with van der Waals surface area (Å²) in [5.74, 6) is -0.259. The smallest absolute Gasteiger partial charge is 0.329 e. The van der Waals surface area contributed by atoms with Crippen molar-refractivity contribution in [3.05, 3.63) is 0 Å². The van der Waals surface area contributed by atoms with Crippen LogP contribution in [0.25, 0.3) is 0 Å². The first-order chi connectivity index (χ1) is 9.43. The molecule has 20 heavy (non-hydrogen) atoms. The van der Waals surface area contributed by atoms with Crippen LogP contribution in [0.1, 0.15) is 58.8 Å². The zero-order chi connectivity index (χ0) is 14.8. The Morgan fingerprint density at radius 1 is 1.25 bits per heavy atom. The minimum absolute atomic E-state index is 0.200. The molecule has 5 nitrogen and oxygen atoms in total. The Morgan fingerprint density at radius 3 is 2.65 bits per heavy atom. The van der Waals surface area contributed by atoms with Crippen molar-refractivity contribution >= 4 is 12.0 Å². The van der Waals surface area contributed by atoms with Crippen LogP contribution < -0.4 is 5.32 Å². The van der Waals surface area contributed by atoms with Crippen LogP contribution in [0.5, 0.6) is 0 Å². The van der Waals surface area contributed by atoms with Gasteiger partial charge in [0.1, 0.15) is 5.54 Å². The van der Waals surface area contributed by atoms with Crippen LogP contribution in [-0.2, 0) is 4.79 Å². The van der Waals surface area contributed by atoms with E-state index in [-0.39, 0.29) is 12.1 Å². The summed E-state index contributed by atoms with van der Waals surface area (Å²) < 4.78 is 0. The Morgan fingerprint density at radius 2 is 2.00 bits per heavy atom. The highest BCUT2D eigenvalue weighted by Gasteiger charge is 2.44. The van der Waals surface area contributed by atoms with Crippen molar-refractivity contribution in [3.8, 4) is 0 Å². The number of nitrogens with one attached hydrogen (secondary N) is 1. The molecule has 1 heterocycles. The Balaban J connectivity index is 2.01. The summed E-state index contributed by atoms with van der Waals surface area (Å²) in [4.78, 5) is 25.5. The first kappa shape index (κ1) is 15.1. The van der Waals surface area contributed by atoms with Crippen LogP contribution in [0.4, 0.5) is 4.79 Å². The molecule has 0 aromatic heterocycles. The highest BCUT2D eigenvalue weighted by atomic mass is 16.4. The number of hydrogen-bond donors (Lipinski definition) is 2. The summed E-state index contributed by atoms with van der Waals surface area (Å²) in [6, 6.07) is -0.0000728. The van der Waals surface area contributed by atoms with Crippen molar-refractivity contribution in [2.24, 2.45) is 5.92 Å². The number of carbonyl (C=O) groups excluding carboxylic acids is 1. The second-order valence-electron chi connectivity index (χ2n) is 6.61. The van der Waals surface area contributed by atoms with Crippen LogP contribution in [0.15, 0.2) is 0 Å². The predicted molar refractivity (Wildman–Crippen MR) is 76.5 cm³/mol. The molecule has 0 radical (unpaired) electrons. The minimum Gasteiger partial charge on any atom is -0.480 e. The Hall–Kier alpha value is -1.26. The molecule has 1 aliphatic heterocycles. The third kappa shape index (κ3) is 3.07. The molecule has 2 fully saturated rings. The van der Waals surface area contributed by atoms with Gasteiger partial charge in [0.05, 0.1) is 0 Å². The van der Waals surface area contributed by atoms with Crippen molar-refractivity contribution in [2.45, 2.75) is 70.4 Å². The van der Waals surface area contributed by atoms with E-state index in [4.69, 9.17) is 0 Å². The van der Waals surface area contributed by atoms with E-state index in [1.807, 2.05) is 0 Å². The number of carboxylic acid groups (broad SMARTS) is 1. The maximum atomic E-state index is 12.4. The first-order valence-corrected chi connectivity index (χ1v) is 7.75. The molecule has 1 aliphatic carbocycles. The van der Waals surface area contributed by atoms with Gasteiger partial charge in [0, 0.05) is 12.6 Å². The molecule has 3 atom stereocenters. The lowest BCUT2D eigenvalue weighted by molar-refractivity contribution is -0.150. The van der Waals surface area contributed by atoms with Crippen LogP contribution in [0, 0.1) is 5.92 Å². The topological polar surface area (TPSA) is 69.6 Å². The molecule has 3 unspecified atom stereocenters. The summed E-state index contributed by atoms with van der Waals surface area (Å²) in [7, 11) is 0. The second-order valence-corrected chi connectivity index (χ2v) is 6.61. The van der Waals surface area contributed by atoms with Crippen molar-refractivity contribution in [1.82, 2.24) is 10.2 Å². The van der Waals surface area contributed by atoms with Gasteiger partial charge in [-0.15, -0.1) is 0 Å². The standard InChI is InChI=1S/C15H26N2O3/c1-11-6-5-7-12(10-11)16-14(20)17-9-4-3-8-15(17,2)13(18)19/h11-12H,3-10H2,1-2H3,(H,16,20)(H,18,19). The number of urea groups is 1. The monoisotopic (exact) mass is 282 g/mol. The average molecular weight is 282 g/mol. The fourth-order valence-electron chi connectivity index (χ4n) is 3.49. The van der Waals surface area contributed by atoms with Crippen molar-refractivity contribution in [1.29, 1.82) is 0 Å². The number of carboxylic acids is 1. The number of amides is 2. The Kier molecular flexibility index (Phi) is 4.55. The molecule has 1 saturated heterocycles. The molecule has 2 aliphatic rings. The zero-order valence-corrected chi connectivity index (χ0v) is 12.5. The number of rotatable bonds is 2. The van der Waals surface area contributed by atoms with Gasteiger partial charge in [-0.3, -0.25) is 0 Å². The largest absolute Gasteiger partial charge is 0.480 e. The molecular formula is C15H26N2O3. The SMILES string of the molecule is CC1CCCC(NC(=O)N2CCCCC2(C)C(=O)O)C1. The lowest BCUT2D eigenvalue weighted by atomic mass is 9.86. The summed E-state index contributed by atoms with van der Waals surface area (Å²) in [5.41, 5.74) is -1.05. The molecule has 0 aromatic carbocycles. The average Bonchev–Trinajstić information content (AvgIpc) is 2.39. The minimum atomic E-state index is -1.05. The normalized spacial score (nSPS) is 34.6. The number of aliphatic carboxylic acids is 1. The summed E-state index contributed by atoms with van der Waals surface area (Å²) in [6.07, 6.45) is 6.67. The lowest BCUT2D eigenvalue weighted by Gasteiger charge is -2.42. The van der Waals surface area contributed by atoms with Gasteiger partial charge >= 0.3 is 12.0 Å². The molecular weight excluding hydrogens is 256 g/mol. The van der Waals surface area contributed by atoms with E-state index in [0.717, 1.165) is 32.1 Å². The first-order valence-electron chi connectivity index (χ1n) is 7.75. The fourth-order valence-corrected chi connectivity index (χ4v) is 3.49. The van der Waals surface area contributed by atoms with Gasteiger partial charge in [0.2, 0.25) is 0 Å². The fraction of sp³-hybridized carbons (Fsp3) is 0.867. The zero-order valence-electron chi connectivity index (χ0n) is 12.5. The molecule has 0 spiro atoms. The number of hydrogen-bond acceptors (Lipinski definition) is 2. The maximum Gasteiger partial charge on any atom is 0.329 e. The highest BCUT2D eigenvalue weighted by Crippen LogP contribution is 2.29. The van der Waals surface area contributed by atoms with E-state index < -0.39 is 11.5 Å². The Bertz CT molecular complexity index is 385.